The van der Waals surface area contributed by atoms with Crippen LogP contribution in [0.5, 0.6) is 0 Å². The molecule has 0 spiro atoms. The van der Waals surface area contributed by atoms with E-state index in [2.05, 4.69) is 96.8 Å². The predicted molar refractivity (Wildman–Crippen MR) is 152 cm³/mol. The van der Waals surface area contributed by atoms with E-state index in [-0.39, 0.29) is 0 Å². The Morgan fingerprint density at radius 2 is 1.85 bits per heavy atom. The molecule has 34 heavy (non-hydrogen) atoms. The van der Waals surface area contributed by atoms with Crippen LogP contribution in [0.1, 0.15) is 50.2 Å². The molecule has 0 saturated carbocycles. The van der Waals surface area contributed by atoms with Gasteiger partial charge in [-0.05, 0) is 60.4 Å². The standard InChI is InChI=1S/C18H23N.C13H18N2/c1-3-16(18-12-8-5-9-13-18)14-19-15(2)17-10-6-4-7-11-17;1-11(5-4-10-14-2)12-6-8-13(15-3)9-7-12/h4-8,10-12,16,19H,2-3,9,13-14H2,1H3;4-11,15H,1-3H3/b;5-4-,14-10?. The van der Waals surface area contributed by atoms with Gasteiger partial charge in [-0.25, -0.2) is 0 Å². The molecule has 2 unspecified atom stereocenters. The van der Waals surface area contributed by atoms with Gasteiger partial charge in [-0.15, -0.1) is 0 Å². The second-order valence-corrected chi connectivity index (χ2v) is 8.49. The Morgan fingerprint density at radius 1 is 1.12 bits per heavy atom. The summed E-state index contributed by atoms with van der Waals surface area (Å²) in [6.07, 6.45) is 16.2. The van der Waals surface area contributed by atoms with Crippen molar-refractivity contribution < 1.29 is 0 Å². The van der Waals surface area contributed by atoms with Gasteiger partial charge in [0.25, 0.3) is 0 Å². The van der Waals surface area contributed by atoms with Crippen molar-refractivity contribution in [2.45, 2.75) is 39.0 Å². The van der Waals surface area contributed by atoms with Crippen molar-refractivity contribution in [2.24, 2.45) is 10.9 Å². The maximum atomic E-state index is 4.13. The van der Waals surface area contributed by atoms with E-state index < -0.39 is 0 Å². The summed E-state index contributed by atoms with van der Waals surface area (Å²) in [7, 11) is 3.70. The number of aliphatic imine (C=N–C) groups is 1. The van der Waals surface area contributed by atoms with Crippen molar-refractivity contribution in [3.8, 4) is 0 Å². The average molecular weight is 456 g/mol. The topological polar surface area (TPSA) is 36.4 Å². The van der Waals surface area contributed by atoms with Crippen LogP contribution in [0.4, 0.5) is 5.69 Å². The summed E-state index contributed by atoms with van der Waals surface area (Å²) in [5, 5.41) is 6.59. The van der Waals surface area contributed by atoms with Crippen LogP contribution in [-0.2, 0) is 0 Å². The molecule has 2 aromatic rings. The molecular formula is C31H41N3. The summed E-state index contributed by atoms with van der Waals surface area (Å²) >= 11 is 0. The molecule has 3 heteroatoms. The minimum absolute atomic E-state index is 0.425. The summed E-state index contributed by atoms with van der Waals surface area (Å²) < 4.78 is 0. The predicted octanol–water partition coefficient (Wildman–Crippen LogP) is 7.64. The quantitative estimate of drug-likeness (QED) is 0.361. The number of nitrogens with zero attached hydrogens (tertiary/aromatic N) is 1. The monoisotopic (exact) mass is 455 g/mol. The SMILES string of the molecule is C=C(NCC(CC)C1=CC=CCC1)c1ccccc1.CN=C/C=C\C(C)c1ccc(NC)cc1. The van der Waals surface area contributed by atoms with Gasteiger partial charge in [-0.1, -0.05) is 92.8 Å². The van der Waals surface area contributed by atoms with E-state index in [1.54, 1.807) is 18.8 Å². The molecule has 0 radical (unpaired) electrons. The minimum Gasteiger partial charge on any atom is -0.388 e. The molecule has 0 fully saturated rings. The zero-order valence-corrected chi connectivity index (χ0v) is 21.3. The zero-order valence-electron chi connectivity index (χ0n) is 21.3. The number of rotatable bonds is 10. The summed E-state index contributed by atoms with van der Waals surface area (Å²) in [5.74, 6) is 1.04. The minimum atomic E-state index is 0.425. The van der Waals surface area contributed by atoms with Gasteiger partial charge in [0.1, 0.15) is 0 Å². The molecule has 0 aliphatic heterocycles. The molecule has 1 aliphatic rings. The molecular weight excluding hydrogens is 414 g/mol. The van der Waals surface area contributed by atoms with E-state index in [0.29, 0.717) is 11.8 Å². The third-order valence-electron chi connectivity index (χ3n) is 6.11. The lowest BCUT2D eigenvalue weighted by atomic mass is 9.90. The van der Waals surface area contributed by atoms with E-state index in [1.807, 2.05) is 31.3 Å². The third-order valence-corrected chi connectivity index (χ3v) is 6.11. The Balaban J connectivity index is 0.000000248. The number of nitrogens with one attached hydrogen (secondary N) is 2. The van der Waals surface area contributed by atoms with Crippen LogP contribution in [0, 0.1) is 5.92 Å². The Morgan fingerprint density at radius 3 is 2.44 bits per heavy atom. The summed E-state index contributed by atoms with van der Waals surface area (Å²) in [6.45, 7) is 9.54. The first-order valence-electron chi connectivity index (χ1n) is 12.3. The Bertz CT molecular complexity index is 965. The van der Waals surface area contributed by atoms with Crippen molar-refractivity contribution in [1.82, 2.24) is 5.32 Å². The zero-order chi connectivity index (χ0) is 24.6. The molecule has 2 aromatic carbocycles. The lowest BCUT2D eigenvalue weighted by Gasteiger charge is -2.22. The number of hydrogen-bond donors (Lipinski definition) is 2. The number of anilines is 1. The van der Waals surface area contributed by atoms with E-state index in [1.165, 1.54) is 30.4 Å². The normalized spacial score (nSPS) is 14.8. The van der Waals surface area contributed by atoms with Crippen molar-refractivity contribution in [3.63, 3.8) is 0 Å². The lowest BCUT2D eigenvalue weighted by Crippen LogP contribution is -2.22. The highest BCUT2D eigenvalue weighted by molar-refractivity contribution is 5.71. The highest BCUT2D eigenvalue weighted by Crippen LogP contribution is 2.23. The third kappa shape index (κ3) is 9.27. The first kappa shape index (κ1) is 26.9. The van der Waals surface area contributed by atoms with Crippen molar-refractivity contribution >= 4 is 17.6 Å². The van der Waals surface area contributed by atoms with Crippen molar-refractivity contribution in [3.05, 3.63) is 108 Å². The molecule has 180 valence electrons. The number of allylic oxidation sites excluding steroid dienone is 5. The fourth-order valence-electron chi connectivity index (χ4n) is 3.85. The van der Waals surface area contributed by atoms with E-state index >= 15 is 0 Å². The van der Waals surface area contributed by atoms with Crippen LogP contribution in [0.3, 0.4) is 0 Å². The van der Waals surface area contributed by atoms with Crippen LogP contribution in [0.25, 0.3) is 5.70 Å². The summed E-state index contributed by atoms with van der Waals surface area (Å²) in [5.41, 5.74) is 6.22. The van der Waals surface area contributed by atoms with Crippen LogP contribution in [0.2, 0.25) is 0 Å². The molecule has 0 heterocycles. The van der Waals surface area contributed by atoms with E-state index in [9.17, 15) is 0 Å². The van der Waals surface area contributed by atoms with Gasteiger partial charge >= 0.3 is 0 Å². The van der Waals surface area contributed by atoms with Gasteiger partial charge in [0, 0.05) is 38.2 Å². The highest BCUT2D eigenvalue weighted by Gasteiger charge is 2.13. The van der Waals surface area contributed by atoms with Crippen molar-refractivity contribution in [1.29, 1.82) is 0 Å². The van der Waals surface area contributed by atoms with Gasteiger partial charge < -0.3 is 10.6 Å². The lowest BCUT2D eigenvalue weighted by molar-refractivity contribution is 0.548. The fraction of sp³-hybridized carbons (Fsp3) is 0.323. The maximum Gasteiger partial charge on any atom is 0.0340 e. The molecule has 0 bridgehead atoms. The molecule has 0 amide bonds. The van der Waals surface area contributed by atoms with E-state index in [4.69, 9.17) is 0 Å². The van der Waals surface area contributed by atoms with Gasteiger partial charge in [0.15, 0.2) is 0 Å². The summed E-state index contributed by atoms with van der Waals surface area (Å²) in [6, 6.07) is 18.8. The van der Waals surface area contributed by atoms with Crippen LogP contribution in [-0.4, -0.2) is 26.9 Å². The Kier molecular flexibility index (Phi) is 12.3. The molecule has 3 nitrogen and oxygen atoms in total. The first-order valence-corrected chi connectivity index (χ1v) is 12.3. The highest BCUT2D eigenvalue weighted by atomic mass is 14.9. The van der Waals surface area contributed by atoms with Crippen LogP contribution in [0.15, 0.2) is 102 Å². The average Bonchev–Trinajstić information content (AvgIpc) is 2.90. The van der Waals surface area contributed by atoms with Gasteiger partial charge in [0.05, 0.1) is 0 Å². The molecule has 1 aliphatic carbocycles. The second-order valence-electron chi connectivity index (χ2n) is 8.49. The molecule has 0 saturated heterocycles. The molecule has 0 aromatic heterocycles. The first-order chi connectivity index (χ1) is 16.6. The number of hydrogen-bond acceptors (Lipinski definition) is 3. The summed E-state index contributed by atoms with van der Waals surface area (Å²) in [4.78, 5) is 3.91. The van der Waals surface area contributed by atoms with Crippen molar-refractivity contribution in [2.75, 3.05) is 26.0 Å². The molecule has 2 atom stereocenters. The Labute approximate surface area is 207 Å². The second kappa shape index (κ2) is 15.5. The number of benzene rings is 2. The van der Waals surface area contributed by atoms with E-state index in [0.717, 1.165) is 17.9 Å². The Hall–Kier alpha value is -3.33. The largest absolute Gasteiger partial charge is 0.388 e. The smallest absolute Gasteiger partial charge is 0.0340 e. The van der Waals surface area contributed by atoms with Gasteiger partial charge in [-0.3, -0.25) is 4.99 Å². The maximum absolute atomic E-state index is 4.13. The molecule has 2 N–H and O–H groups in total. The van der Waals surface area contributed by atoms with Gasteiger partial charge in [0.2, 0.25) is 0 Å². The van der Waals surface area contributed by atoms with Gasteiger partial charge in [-0.2, -0.15) is 0 Å². The fourth-order valence-corrected chi connectivity index (χ4v) is 3.85. The van der Waals surface area contributed by atoms with Crippen LogP contribution < -0.4 is 10.6 Å². The molecule has 3 rings (SSSR count). The van der Waals surface area contributed by atoms with Crippen LogP contribution >= 0.6 is 0 Å².